The number of piperidine rings is 1. The van der Waals surface area contributed by atoms with Crippen LogP contribution in [0.25, 0.3) is 0 Å². The summed E-state index contributed by atoms with van der Waals surface area (Å²) in [4.78, 5) is 14.4. The first-order valence-corrected chi connectivity index (χ1v) is 8.30. The van der Waals surface area contributed by atoms with Crippen molar-refractivity contribution in [2.75, 3.05) is 25.5 Å². The molecule has 2 N–H and O–H groups in total. The number of aromatic amines is 1. The van der Waals surface area contributed by atoms with Gasteiger partial charge >= 0.3 is 6.03 Å². The molecule has 7 nitrogen and oxygen atoms in total. The van der Waals surface area contributed by atoms with Gasteiger partial charge in [0.25, 0.3) is 0 Å². The number of anilines is 1. The topological polar surface area (TPSA) is 75.2 Å². The van der Waals surface area contributed by atoms with Gasteiger partial charge in [-0.3, -0.25) is 5.10 Å². The van der Waals surface area contributed by atoms with E-state index in [4.69, 9.17) is 17.0 Å². The molecule has 1 saturated heterocycles. The molecule has 2 heterocycles. The number of H-pyrrole nitrogens is 1. The Hall–Kier alpha value is -2.35. The number of likely N-dealkylation sites (tertiary alicyclic amines) is 1. The van der Waals surface area contributed by atoms with Crippen molar-refractivity contribution in [1.29, 1.82) is 0 Å². The first kappa shape index (κ1) is 16.5. The molecule has 1 fully saturated rings. The SMILES string of the molecule is COc1cccc(NC(=O)N2CCC[C@H](c3n[nH]c(=S)n3C)C2)c1. The zero-order chi connectivity index (χ0) is 17.1. The van der Waals surface area contributed by atoms with Crippen LogP contribution in [-0.2, 0) is 7.05 Å². The summed E-state index contributed by atoms with van der Waals surface area (Å²) in [5.41, 5.74) is 0.722. The van der Waals surface area contributed by atoms with E-state index in [0.29, 0.717) is 17.1 Å². The summed E-state index contributed by atoms with van der Waals surface area (Å²) in [5.74, 6) is 1.80. The lowest BCUT2D eigenvalue weighted by atomic mass is 9.97. The van der Waals surface area contributed by atoms with E-state index >= 15 is 0 Å². The summed E-state index contributed by atoms with van der Waals surface area (Å²) in [5, 5.41) is 10.1. The molecule has 0 spiro atoms. The minimum Gasteiger partial charge on any atom is -0.497 e. The highest BCUT2D eigenvalue weighted by Gasteiger charge is 2.27. The molecule has 1 aliphatic rings. The monoisotopic (exact) mass is 347 g/mol. The molecule has 0 saturated carbocycles. The normalized spacial score (nSPS) is 17.6. The van der Waals surface area contributed by atoms with Crippen molar-refractivity contribution in [3.8, 4) is 5.75 Å². The quantitative estimate of drug-likeness (QED) is 0.837. The number of nitrogens with zero attached hydrogens (tertiary/aromatic N) is 3. The van der Waals surface area contributed by atoms with Gasteiger partial charge in [0.05, 0.1) is 7.11 Å². The number of hydrogen-bond donors (Lipinski definition) is 2. The molecule has 0 bridgehead atoms. The largest absolute Gasteiger partial charge is 0.497 e. The number of hydrogen-bond acceptors (Lipinski definition) is 4. The minimum absolute atomic E-state index is 0.107. The zero-order valence-corrected chi connectivity index (χ0v) is 14.6. The molecule has 2 amide bonds. The maximum atomic E-state index is 12.6. The summed E-state index contributed by atoms with van der Waals surface area (Å²) in [7, 11) is 3.50. The van der Waals surface area contributed by atoms with Gasteiger partial charge in [0.2, 0.25) is 0 Å². The lowest BCUT2D eigenvalue weighted by molar-refractivity contribution is 0.190. The van der Waals surface area contributed by atoms with Crippen molar-refractivity contribution in [1.82, 2.24) is 19.7 Å². The predicted molar refractivity (Wildman–Crippen MR) is 94.0 cm³/mol. The highest BCUT2D eigenvalue weighted by molar-refractivity contribution is 7.71. The Balaban J connectivity index is 1.68. The number of benzene rings is 1. The van der Waals surface area contributed by atoms with Gasteiger partial charge in [0.15, 0.2) is 4.77 Å². The van der Waals surface area contributed by atoms with E-state index in [9.17, 15) is 4.79 Å². The molecular formula is C16H21N5O2S. The molecule has 0 unspecified atom stereocenters. The molecule has 3 rings (SSSR count). The Labute approximate surface area is 145 Å². The van der Waals surface area contributed by atoms with Crippen LogP contribution in [0.2, 0.25) is 0 Å². The van der Waals surface area contributed by atoms with Crippen LogP contribution in [0.15, 0.2) is 24.3 Å². The Morgan fingerprint density at radius 1 is 1.50 bits per heavy atom. The molecule has 1 atom stereocenters. The van der Waals surface area contributed by atoms with Gasteiger partial charge < -0.3 is 19.5 Å². The van der Waals surface area contributed by atoms with Crippen molar-refractivity contribution in [2.24, 2.45) is 7.05 Å². The van der Waals surface area contributed by atoms with E-state index in [1.165, 1.54) is 0 Å². The lowest BCUT2D eigenvalue weighted by Gasteiger charge is -2.32. The van der Waals surface area contributed by atoms with Crippen molar-refractivity contribution in [3.63, 3.8) is 0 Å². The fraction of sp³-hybridized carbons (Fsp3) is 0.438. The smallest absolute Gasteiger partial charge is 0.321 e. The average molecular weight is 347 g/mol. The third-order valence-electron chi connectivity index (χ3n) is 4.31. The number of methoxy groups -OCH3 is 1. The van der Waals surface area contributed by atoms with Crippen molar-refractivity contribution < 1.29 is 9.53 Å². The van der Waals surface area contributed by atoms with Crippen LogP contribution in [0.1, 0.15) is 24.6 Å². The molecular weight excluding hydrogens is 326 g/mol. The standard InChI is InChI=1S/C16H21N5O2S/c1-20-14(18-19-16(20)24)11-5-4-8-21(10-11)15(22)17-12-6-3-7-13(9-12)23-2/h3,6-7,9,11H,4-5,8,10H2,1-2H3,(H,17,22)(H,19,24)/t11-/m0/s1. The van der Waals surface area contributed by atoms with Crippen LogP contribution in [0.3, 0.4) is 0 Å². The first-order valence-electron chi connectivity index (χ1n) is 7.89. The zero-order valence-electron chi connectivity index (χ0n) is 13.8. The second-order valence-corrected chi connectivity index (χ2v) is 6.28. The summed E-state index contributed by atoms with van der Waals surface area (Å²) in [6.07, 6.45) is 1.94. The second-order valence-electron chi connectivity index (χ2n) is 5.89. The number of aromatic nitrogens is 3. The van der Waals surface area contributed by atoms with Crippen LogP contribution in [0, 0.1) is 4.77 Å². The van der Waals surface area contributed by atoms with Crippen LogP contribution in [0.4, 0.5) is 10.5 Å². The third-order valence-corrected chi connectivity index (χ3v) is 4.67. The van der Waals surface area contributed by atoms with E-state index in [-0.39, 0.29) is 11.9 Å². The third kappa shape index (κ3) is 3.43. The van der Waals surface area contributed by atoms with Crippen molar-refractivity contribution >= 4 is 23.9 Å². The summed E-state index contributed by atoms with van der Waals surface area (Å²) in [6, 6.07) is 7.23. The molecule has 0 aliphatic carbocycles. The van der Waals surface area contributed by atoms with Crippen molar-refractivity contribution in [3.05, 3.63) is 34.9 Å². The van der Waals surface area contributed by atoms with E-state index in [1.54, 1.807) is 13.2 Å². The molecule has 24 heavy (non-hydrogen) atoms. The first-order chi connectivity index (χ1) is 11.6. The van der Waals surface area contributed by atoms with Gasteiger partial charge in [-0.15, -0.1) is 0 Å². The summed E-state index contributed by atoms with van der Waals surface area (Å²) < 4.78 is 7.66. The Morgan fingerprint density at radius 3 is 3.04 bits per heavy atom. The van der Waals surface area contributed by atoms with Crippen molar-refractivity contribution in [2.45, 2.75) is 18.8 Å². The fourth-order valence-corrected chi connectivity index (χ4v) is 3.14. The molecule has 1 aliphatic heterocycles. The van der Waals surface area contributed by atoms with E-state index in [2.05, 4.69) is 15.5 Å². The molecule has 1 aromatic carbocycles. The minimum atomic E-state index is -0.107. The van der Waals surface area contributed by atoms with Gasteiger partial charge in [-0.2, -0.15) is 5.10 Å². The molecule has 128 valence electrons. The Morgan fingerprint density at radius 2 is 2.33 bits per heavy atom. The summed E-state index contributed by atoms with van der Waals surface area (Å²) >= 11 is 5.17. The number of rotatable bonds is 3. The van der Waals surface area contributed by atoms with Crippen LogP contribution < -0.4 is 10.1 Å². The summed E-state index contributed by atoms with van der Waals surface area (Å²) in [6.45, 7) is 1.37. The average Bonchev–Trinajstić information content (AvgIpc) is 2.94. The number of ether oxygens (including phenoxy) is 1. The Bertz CT molecular complexity index is 785. The Kier molecular flexibility index (Phi) is 4.84. The highest BCUT2D eigenvalue weighted by Crippen LogP contribution is 2.26. The van der Waals surface area contributed by atoms with E-state index < -0.39 is 0 Å². The van der Waals surface area contributed by atoms with Gasteiger partial charge in [-0.25, -0.2) is 4.79 Å². The number of amides is 2. The molecule has 1 aromatic heterocycles. The van der Waals surface area contributed by atoms with Gasteiger partial charge in [0.1, 0.15) is 11.6 Å². The second kappa shape index (κ2) is 7.04. The maximum Gasteiger partial charge on any atom is 0.321 e. The van der Waals surface area contributed by atoms with Crippen LogP contribution in [-0.4, -0.2) is 45.9 Å². The lowest BCUT2D eigenvalue weighted by Crippen LogP contribution is -2.42. The van der Waals surface area contributed by atoms with Gasteiger partial charge in [-0.05, 0) is 37.2 Å². The van der Waals surface area contributed by atoms with E-state index in [1.807, 2.05) is 34.7 Å². The van der Waals surface area contributed by atoms with Gasteiger partial charge in [-0.1, -0.05) is 6.07 Å². The molecule has 8 heteroatoms. The van der Waals surface area contributed by atoms with E-state index in [0.717, 1.165) is 30.9 Å². The molecule has 0 radical (unpaired) electrons. The number of urea groups is 1. The molecule has 2 aromatic rings. The van der Waals surface area contributed by atoms with Crippen LogP contribution in [0.5, 0.6) is 5.75 Å². The maximum absolute atomic E-state index is 12.6. The number of nitrogens with one attached hydrogen (secondary N) is 2. The highest BCUT2D eigenvalue weighted by atomic mass is 32.1. The number of carbonyl (C=O) groups is 1. The fourth-order valence-electron chi connectivity index (χ4n) is 3.00. The predicted octanol–water partition coefficient (Wildman–Crippen LogP) is 2.90. The van der Waals surface area contributed by atoms with Gasteiger partial charge in [0, 0.05) is 37.8 Å². The van der Waals surface area contributed by atoms with Crippen LogP contribution >= 0.6 is 12.2 Å². The number of carbonyl (C=O) groups excluding carboxylic acids is 1.